The summed E-state index contributed by atoms with van der Waals surface area (Å²) in [6.45, 7) is 10.8. The molecule has 0 aromatic heterocycles. The lowest BCUT2D eigenvalue weighted by Crippen LogP contribution is -2.45. The van der Waals surface area contributed by atoms with Gasteiger partial charge >= 0.3 is 0 Å². The van der Waals surface area contributed by atoms with Crippen molar-refractivity contribution in [1.29, 1.82) is 0 Å². The van der Waals surface area contributed by atoms with Gasteiger partial charge in [0.15, 0.2) is 8.32 Å². The maximum absolute atomic E-state index is 13.6. The Hall–Kier alpha value is -1.51. The molecule has 0 radical (unpaired) electrons. The zero-order valence-electron chi connectivity index (χ0n) is 19.0. The molecule has 2 aromatic rings. The Morgan fingerprint density at radius 1 is 1.06 bits per heavy atom. The molecule has 0 saturated carbocycles. The van der Waals surface area contributed by atoms with Gasteiger partial charge in [-0.05, 0) is 48.7 Å². The van der Waals surface area contributed by atoms with E-state index >= 15 is 0 Å². The van der Waals surface area contributed by atoms with E-state index in [4.69, 9.17) is 9.16 Å². The molecular weight excluding hydrogens is 428 g/mol. The summed E-state index contributed by atoms with van der Waals surface area (Å²) >= 11 is 0. The highest BCUT2D eigenvalue weighted by atomic mass is 32.2. The Morgan fingerprint density at radius 2 is 1.61 bits per heavy atom. The minimum absolute atomic E-state index is 0.00518. The molecule has 0 amide bonds. The number of hydrogen-bond acceptors (Lipinski definition) is 5. The van der Waals surface area contributed by atoms with Crippen LogP contribution in [0, 0.1) is 0 Å². The van der Waals surface area contributed by atoms with Gasteiger partial charge in [-0.1, -0.05) is 69.3 Å². The highest BCUT2D eigenvalue weighted by Crippen LogP contribution is 2.50. The average Bonchev–Trinajstić information content (AvgIpc) is 3.48. The number of rotatable bonds is 9. The molecule has 1 heterocycles. The molecule has 2 aromatic carbocycles. The van der Waals surface area contributed by atoms with Crippen LogP contribution in [-0.2, 0) is 25.4 Å². The summed E-state index contributed by atoms with van der Waals surface area (Å²) < 4.78 is 39.2. The first-order valence-corrected chi connectivity index (χ1v) is 15.1. The summed E-state index contributed by atoms with van der Waals surface area (Å²) in [5.74, 6) is 0. The van der Waals surface area contributed by atoms with Crippen molar-refractivity contribution >= 4 is 18.2 Å². The van der Waals surface area contributed by atoms with Gasteiger partial charge < -0.3 is 14.3 Å². The number of ether oxygens (including phenoxy) is 1. The van der Waals surface area contributed by atoms with E-state index < -0.39 is 35.3 Å². The van der Waals surface area contributed by atoms with Crippen LogP contribution in [0.15, 0.2) is 65.6 Å². The van der Waals surface area contributed by atoms with Crippen molar-refractivity contribution in [3.05, 3.63) is 66.2 Å². The summed E-state index contributed by atoms with van der Waals surface area (Å²) in [7, 11) is -6.01. The maximum Gasteiger partial charge on any atom is 0.228 e. The molecular formula is C24H34O5SSi. The van der Waals surface area contributed by atoms with Gasteiger partial charge in [0.2, 0.25) is 14.8 Å². The van der Waals surface area contributed by atoms with Crippen LogP contribution in [0.1, 0.15) is 32.8 Å². The number of aliphatic hydroxyl groups is 1. The van der Waals surface area contributed by atoms with Crippen LogP contribution in [0.3, 0.4) is 0 Å². The Bertz CT molecular complexity index is 970. The van der Waals surface area contributed by atoms with Gasteiger partial charge in [-0.15, -0.1) is 0 Å². The highest BCUT2D eigenvalue weighted by Gasteiger charge is 2.70. The monoisotopic (exact) mass is 462 g/mol. The van der Waals surface area contributed by atoms with Crippen LogP contribution >= 0.6 is 0 Å². The van der Waals surface area contributed by atoms with Gasteiger partial charge in [0.05, 0.1) is 11.5 Å². The lowest BCUT2D eigenvalue weighted by atomic mass is 10.0. The third kappa shape index (κ3) is 4.81. The Labute approximate surface area is 187 Å². The Morgan fingerprint density at radius 3 is 2.16 bits per heavy atom. The second kappa shape index (κ2) is 8.79. The molecule has 1 aliphatic heterocycles. The van der Waals surface area contributed by atoms with E-state index in [2.05, 4.69) is 33.9 Å². The third-order valence-electron chi connectivity index (χ3n) is 6.61. The van der Waals surface area contributed by atoms with Gasteiger partial charge in [0.1, 0.15) is 12.2 Å². The largest absolute Gasteiger partial charge is 0.414 e. The normalized spacial score (nSPS) is 22.8. The van der Waals surface area contributed by atoms with Crippen molar-refractivity contribution in [3.63, 3.8) is 0 Å². The van der Waals surface area contributed by atoms with Crippen LogP contribution in [0.25, 0.3) is 0 Å². The topological polar surface area (TPSA) is 76.1 Å². The van der Waals surface area contributed by atoms with E-state index in [0.717, 1.165) is 5.56 Å². The van der Waals surface area contributed by atoms with Crippen molar-refractivity contribution in [2.45, 2.75) is 73.8 Å². The molecule has 1 unspecified atom stereocenters. The minimum atomic E-state index is -3.92. The zero-order valence-corrected chi connectivity index (χ0v) is 20.9. The van der Waals surface area contributed by atoms with E-state index in [9.17, 15) is 13.5 Å². The van der Waals surface area contributed by atoms with Crippen LogP contribution in [-0.4, -0.2) is 45.6 Å². The van der Waals surface area contributed by atoms with Gasteiger partial charge in [-0.25, -0.2) is 8.42 Å². The number of sulfone groups is 1. The van der Waals surface area contributed by atoms with Crippen LogP contribution in [0.2, 0.25) is 18.1 Å². The molecule has 0 spiro atoms. The fourth-order valence-corrected chi connectivity index (χ4v) is 6.50. The van der Waals surface area contributed by atoms with Crippen molar-refractivity contribution in [2.75, 3.05) is 6.61 Å². The molecule has 3 rings (SSSR count). The first-order chi connectivity index (χ1) is 14.4. The van der Waals surface area contributed by atoms with Crippen molar-refractivity contribution in [1.82, 2.24) is 0 Å². The molecule has 1 fully saturated rings. The molecule has 170 valence electrons. The molecule has 1 saturated heterocycles. The van der Waals surface area contributed by atoms with Crippen molar-refractivity contribution in [2.24, 2.45) is 0 Å². The van der Waals surface area contributed by atoms with E-state index in [1.165, 1.54) is 0 Å². The standard InChI is InChI=1S/C24H34O5SSi/c1-23(2,3)31(4,5)28-18-22-24(29-22,30(26,27)20-14-10-7-11-15-20)21(25)17-16-19-12-8-6-9-13-19/h6-15,21-22,25H,16-18H2,1-5H3/t21?,22-,24-/m1/s1. The lowest BCUT2D eigenvalue weighted by Gasteiger charge is -2.36. The Balaban J connectivity index is 1.84. The number of epoxide rings is 1. The molecule has 0 bridgehead atoms. The summed E-state index contributed by atoms with van der Waals surface area (Å²) in [6, 6.07) is 18.0. The molecule has 0 aliphatic carbocycles. The SMILES string of the molecule is CC(C)(C)[Si](C)(C)OC[C@H]1O[C@]1(C(O)CCc1ccccc1)S(=O)(=O)c1ccccc1. The minimum Gasteiger partial charge on any atom is -0.414 e. The van der Waals surface area contributed by atoms with Gasteiger partial charge in [0, 0.05) is 0 Å². The van der Waals surface area contributed by atoms with Crippen molar-refractivity contribution < 1.29 is 22.7 Å². The van der Waals surface area contributed by atoms with Crippen molar-refractivity contribution in [3.8, 4) is 0 Å². The van der Waals surface area contributed by atoms with E-state index in [0.29, 0.717) is 6.42 Å². The summed E-state index contributed by atoms with van der Waals surface area (Å²) in [5.41, 5.74) is 1.04. The summed E-state index contributed by atoms with van der Waals surface area (Å²) in [5, 5.41) is 11.1. The molecule has 31 heavy (non-hydrogen) atoms. The third-order valence-corrected chi connectivity index (χ3v) is 13.5. The molecule has 1 N–H and O–H groups in total. The van der Waals surface area contributed by atoms with Gasteiger partial charge in [-0.2, -0.15) is 0 Å². The maximum atomic E-state index is 13.6. The smallest absolute Gasteiger partial charge is 0.228 e. The molecule has 3 atom stereocenters. The predicted molar refractivity (Wildman–Crippen MR) is 125 cm³/mol. The fourth-order valence-electron chi connectivity index (χ4n) is 3.48. The van der Waals surface area contributed by atoms with E-state index in [1.807, 2.05) is 30.3 Å². The number of benzene rings is 2. The highest BCUT2D eigenvalue weighted by molar-refractivity contribution is 7.93. The summed E-state index contributed by atoms with van der Waals surface area (Å²) in [6.07, 6.45) is -1.01. The van der Waals surface area contributed by atoms with E-state index in [1.54, 1.807) is 30.3 Å². The average molecular weight is 463 g/mol. The quantitative estimate of drug-likeness (QED) is 0.436. The van der Waals surface area contributed by atoms with Crippen LogP contribution < -0.4 is 0 Å². The Kier molecular flexibility index (Phi) is 6.84. The fraction of sp³-hybridized carbons (Fsp3) is 0.500. The molecule has 7 heteroatoms. The van der Waals surface area contributed by atoms with Crippen LogP contribution in [0.5, 0.6) is 0 Å². The lowest BCUT2D eigenvalue weighted by molar-refractivity contribution is 0.107. The number of hydrogen-bond donors (Lipinski definition) is 1. The molecule has 1 aliphatic rings. The number of aryl methyl sites for hydroxylation is 1. The second-order valence-corrected chi connectivity index (χ2v) is 16.7. The van der Waals surface area contributed by atoms with E-state index in [-0.39, 0.29) is 23.0 Å². The van der Waals surface area contributed by atoms with Crippen LogP contribution in [0.4, 0.5) is 0 Å². The first kappa shape index (κ1) is 24.1. The van der Waals surface area contributed by atoms with Gasteiger partial charge in [0.25, 0.3) is 0 Å². The zero-order chi connectivity index (χ0) is 22.9. The van der Waals surface area contributed by atoms with Gasteiger partial charge in [-0.3, -0.25) is 0 Å². The second-order valence-electron chi connectivity index (χ2n) is 9.76. The first-order valence-electron chi connectivity index (χ1n) is 10.8. The molecule has 5 nitrogen and oxygen atoms in total. The summed E-state index contributed by atoms with van der Waals surface area (Å²) in [4.78, 5) is -1.52. The number of aliphatic hydroxyl groups excluding tert-OH is 1. The predicted octanol–water partition coefficient (Wildman–Crippen LogP) is 4.57.